The van der Waals surface area contributed by atoms with E-state index in [0.717, 1.165) is 16.8 Å². The van der Waals surface area contributed by atoms with Gasteiger partial charge in [0.05, 0.1) is 11.8 Å². The first-order valence-corrected chi connectivity index (χ1v) is 12.2. The summed E-state index contributed by atoms with van der Waals surface area (Å²) in [6.45, 7) is 13.4. The molecule has 35 heavy (non-hydrogen) atoms. The third kappa shape index (κ3) is 6.65. The highest BCUT2D eigenvalue weighted by Gasteiger charge is 2.29. The standard InChI is InChI=1S/C25H32N5O4P/c1-10-21(24(29(6)7)14-11-17(2)3)23-13-12-22(19(5)34-35(31,32-8)33-9)25(27-23)30-18(4)15-20(16-26)28-30/h10-15,19H,1-2H2,3-9H3/b14-11-,24-21+. The van der Waals surface area contributed by atoms with Crippen molar-refractivity contribution < 1.29 is 18.1 Å². The van der Waals surface area contributed by atoms with Crippen molar-refractivity contribution in [3.63, 3.8) is 0 Å². The highest BCUT2D eigenvalue weighted by molar-refractivity contribution is 7.48. The summed E-state index contributed by atoms with van der Waals surface area (Å²) in [5, 5.41) is 13.7. The molecular weight excluding hydrogens is 465 g/mol. The predicted molar refractivity (Wildman–Crippen MR) is 137 cm³/mol. The van der Waals surface area contributed by atoms with Gasteiger partial charge >= 0.3 is 7.82 Å². The number of hydrogen-bond acceptors (Lipinski definition) is 8. The monoisotopic (exact) mass is 497 g/mol. The smallest absolute Gasteiger partial charge is 0.377 e. The third-order valence-electron chi connectivity index (χ3n) is 5.04. The van der Waals surface area contributed by atoms with E-state index >= 15 is 0 Å². The summed E-state index contributed by atoms with van der Waals surface area (Å²) in [7, 11) is 2.58. The van der Waals surface area contributed by atoms with Gasteiger partial charge in [0.25, 0.3) is 0 Å². The SMILES string of the molecule is C=C/C(=C(/C=C\C(=C)C)N(C)C)c1ccc(C(C)OP(=O)(OC)OC)c(-n2nc(C#N)cc2C)n1. The Morgan fingerprint density at radius 2 is 1.94 bits per heavy atom. The Morgan fingerprint density at radius 1 is 1.29 bits per heavy atom. The van der Waals surface area contributed by atoms with Gasteiger partial charge in [0.1, 0.15) is 6.07 Å². The number of rotatable bonds is 11. The number of phosphoric ester groups is 1. The Hall–Kier alpha value is -3.28. The van der Waals surface area contributed by atoms with E-state index in [-0.39, 0.29) is 5.69 Å². The maximum absolute atomic E-state index is 12.6. The van der Waals surface area contributed by atoms with E-state index in [9.17, 15) is 9.83 Å². The van der Waals surface area contributed by atoms with Crippen LogP contribution in [0.15, 0.2) is 60.9 Å². The predicted octanol–water partition coefficient (Wildman–Crippen LogP) is 5.52. The van der Waals surface area contributed by atoms with Crippen LogP contribution in [0, 0.1) is 18.3 Å². The van der Waals surface area contributed by atoms with Gasteiger partial charge in [0.15, 0.2) is 11.5 Å². The van der Waals surface area contributed by atoms with Crippen molar-refractivity contribution in [2.45, 2.75) is 26.9 Å². The zero-order valence-corrected chi connectivity index (χ0v) is 22.2. The molecule has 0 bridgehead atoms. The largest absolute Gasteiger partial charge is 0.474 e. The van der Waals surface area contributed by atoms with Gasteiger partial charge in [-0.15, -0.1) is 0 Å². The first kappa shape index (κ1) is 28.0. The molecule has 0 radical (unpaired) electrons. The Balaban J connectivity index is 2.80. The summed E-state index contributed by atoms with van der Waals surface area (Å²) in [4.78, 5) is 6.84. The van der Waals surface area contributed by atoms with Gasteiger partial charge < -0.3 is 4.90 Å². The molecule has 2 aromatic heterocycles. The molecule has 0 saturated heterocycles. The number of pyridine rings is 1. The summed E-state index contributed by atoms with van der Waals surface area (Å²) >= 11 is 0. The molecule has 0 amide bonds. The van der Waals surface area contributed by atoms with Crippen LogP contribution < -0.4 is 0 Å². The van der Waals surface area contributed by atoms with Gasteiger partial charge in [-0.25, -0.2) is 14.2 Å². The fourth-order valence-electron chi connectivity index (χ4n) is 3.29. The second-order valence-electron chi connectivity index (χ2n) is 7.94. The molecule has 0 N–H and O–H groups in total. The summed E-state index contributed by atoms with van der Waals surface area (Å²) in [6.07, 6.45) is 4.85. The van der Waals surface area contributed by atoms with Crippen LogP contribution >= 0.6 is 7.82 Å². The highest BCUT2D eigenvalue weighted by atomic mass is 31.2. The van der Waals surface area contributed by atoms with Gasteiger partial charge in [-0.05, 0) is 39.0 Å². The van der Waals surface area contributed by atoms with Crippen LogP contribution in [0.1, 0.15) is 42.6 Å². The third-order valence-corrected chi connectivity index (χ3v) is 6.51. The minimum atomic E-state index is -3.77. The average Bonchev–Trinajstić information content (AvgIpc) is 3.21. The molecule has 2 aromatic rings. The van der Waals surface area contributed by atoms with E-state index in [1.807, 2.05) is 63.2 Å². The molecule has 10 heteroatoms. The summed E-state index contributed by atoms with van der Waals surface area (Å²) in [5.41, 5.74) is 4.68. The van der Waals surface area contributed by atoms with Crippen LogP contribution in [0.4, 0.5) is 0 Å². The van der Waals surface area contributed by atoms with Crippen LogP contribution in [0.2, 0.25) is 0 Å². The first-order valence-electron chi connectivity index (χ1n) is 10.8. The zero-order valence-electron chi connectivity index (χ0n) is 21.3. The lowest BCUT2D eigenvalue weighted by atomic mass is 10.0. The fraction of sp³-hybridized carbons (Fsp3) is 0.320. The summed E-state index contributed by atoms with van der Waals surface area (Å²) in [6, 6.07) is 7.34. The van der Waals surface area contributed by atoms with Crippen LogP contribution in [0.3, 0.4) is 0 Å². The van der Waals surface area contributed by atoms with E-state index in [1.165, 1.54) is 14.2 Å². The van der Waals surface area contributed by atoms with Gasteiger partial charge in [-0.1, -0.05) is 36.9 Å². The number of allylic oxidation sites excluding steroid dienone is 5. The molecule has 186 valence electrons. The fourth-order valence-corrected chi connectivity index (χ4v) is 4.11. The van der Waals surface area contributed by atoms with Gasteiger partial charge in [-0.3, -0.25) is 13.6 Å². The van der Waals surface area contributed by atoms with E-state index in [2.05, 4.69) is 18.3 Å². The average molecular weight is 498 g/mol. The minimum Gasteiger partial charge on any atom is -0.377 e. The van der Waals surface area contributed by atoms with E-state index < -0.39 is 13.9 Å². The number of aryl methyl sites for hydroxylation is 1. The second-order valence-corrected chi connectivity index (χ2v) is 9.78. The highest BCUT2D eigenvalue weighted by Crippen LogP contribution is 2.51. The molecule has 0 spiro atoms. The molecule has 0 aromatic carbocycles. The molecule has 2 heterocycles. The lowest BCUT2D eigenvalue weighted by Gasteiger charge is -2.22. The molecule has 9 nitrogen and oxygen atoms in total. The Labute approximate surface area is 207 Å². The quantitative estimate of drug-likeness (QED) is 0.295. The zero-order chi connectivity index (χ0) is 26.3. The van der Waals surface area contributed by atoms with E-state index in [1.54, 1.807) is 23.7 Å². The number of aromatic nitrogens is 3. The maximum atomic E-state index is 12.6. The molecule has 0 aliphatic rings. The van der Waals surface area contributed by atoms with Gasteiger partial charge in [0, 0.05) is 50.8 Å². The first-order chi connectivity index (χ1) is 16.5. The van der Waals surface area contributed by atoms with E-state index in [4.69, 9.17) is 18.6 Å². The molecule has 0 fully saturated rings. The normalized spacial score (nSPS) is 13.3. The summed E-state index contributed by atoms with van der Waals surface area (Å²) < 4.78 is 29.7. The Morgan fingerprint density at radius 3 is 2.43 bits per heavy atom. The molecule has 2 rings (SSSR count). The lowest BCUT2D eigenvalue weighted by Crippen LogP contribution is -2.14. The lowest BCUT2D eigenvalue weighted by molar-refractivity contribution is 0.114. The van der Waals surface area contributed by atoms with Crippen molar-refractivity contribution >= 4 is 13.4 Å². The van der Waals surface area contributed by atoms with Crippen molar-refractivity contribution in [1.82, 2.24) is 19.7 Å². The number of nitriles is 1. The van der Waals surface area contributed by atoms with Crippen molar-refractivity contribution in [2.75, 3.05) is 28.3 Å². The number of nitrogens with zero attached hydrogens (tertiary/aromatic N) is 5. The van der Waals surface area contributed by atoms with Crippen molar-refractivity contribution in [3.8, 4) is 11.9 Å². The molecule has 1 unspecified atom stereocenters. The molecule has 0 aliphatic carbocycles. The molecular formula is C25H32N5O4P. The van der Waals surface area contributed by atoms with Crippen molar-refractivity contribution in [1.29, 1.82) is 5.26 Å². The summed E-state index contributed by atoms with van der Waals surface area (Å²) in [5.74, 6) is 0.411. The van der Waals surface area contributed by atoms with Crippen molar-refractivity contribution in [3.05, 3.63) is 83.5 Å². The van der Waals surface area contributed by atoms with Crippen LogP contribution in [-0.4, -0.2) is 48.0 Å². The minimum absolute atomic E-state index is 0.242. The Bertz CT molecular complexity index is 1250. The van der Waals surface area contributed by atoms with E-state index in [0.29, 0.717) is 22.8 Å². The number of likely N-dealkylation sites (N-methyl/N-ethyl adjacent to an activating group) is 1. The number of hydrogen-bond donors (Lipinski definition) is 0. The topological polar surface area (TPSA) is 102 Å². The molecule has 0 saturated carbocycles. The van der Waals surface area contributed by atoms with Crippen LogP contribution in [0.5, 0.6) is 0 Å². The molecule has 0 aliphatic heterocycles. The molecule has 1 atom stereocenters. The van der Waals surface area contributed by atoms with Crippen molar-refractivity contribution in [2.24, 2.45) is 0 Å². The Kier molecular flexibility index (Phi) is 9.52. The number of phosphoric acid groups is 1. The van der Waals surface area contributed by atoms with Crippen LogP contribution in [0.25, 0.3) is 11.4 Å². The maximum Gasteiger partial charge on any atom is 0.474 e. The van der Waals surface area contributed by atoms with Crippen LogP contribution in [-0.2, 0) is 18.1 Å². The van der Waals surface area contributed by atoms with Gasteiger partial charge in [0.2, 0.25) is 0 Å². The van der Waals surface area contributed by atoms with Gasteiger partial charge in [-0.2, -0.15) is 10.4 Å². The second kappa shape index (κ2) is 11.9.